The topological polar surface area (TPSA) is 41.6 Å². The van der Waals surface area contributed by atoms with Gasteiger partial charge in [0.2, 0.25) is 5.91 Å². The predicted molar refractivity (Wildman–Crippen MR) is 94.7 cm³/mol. The van der Waals surface area contributed by atoms with E-state index >= 15 is 0 Å². The summed E-state index contributed by atoms with van der Waals surface area (Å²) in [5.41, 5.74) is 1.97. The highest BCUT2D eigenvalue weighted by Crippen LogP contribution is 2.15. The Labute approximate surface area is 147 Å². The third-order valence-electron chi connectivity index (χ3n) is 4.28. The van der Waals surface area contributed by atoms with Crippen LogP contribution in [0.3, 0.4) is 0 Å². The third kappa shape index (κ3) is 5.29. The Morgan fingerprint density at radius 2 is 1.96 bits per heavy atom. The van der Waals surface area contributed by atoms with Crippen molar-refractivity contribution in [3.05, 3.63) is 65.5 Å². The Balaban J connectivity index is 1.39. The van der Waals surface area contributed by atoms with Crippen molar-refractivity contribution in [2.24, 2.45) is 0 Å². The molecule has 0 atom stereocenters. The van der Waals surface area contributed by atoms with Crippen LogP contribution >= 0.6 is 0 Å². The van der Waals surface area contributed by atoms with Gasteiger partial charge in [0.05, 0.1) is 0 Å². The highest BCUT2D eigenvalue weighted by Gasteiger charge is 2.18. The van der Waals surface area contributed by atoms with Crippen LogP contribution in [0.5, 0.6) is 5.75 Å². The summed E-state index contributed by atoms with van der Waals surface area (Å²) in [6.45, 7) is 3.56. The smallest absolute Gasteiger partial charge is 0.222 e. The van der Waals surface area contributed by atoms with E-state index in [1.165, 1.54) is 12.1 Å². The van der Waals surface area contributed by atoms with Crippen LogP contribution in [-0.2, 0) is 17.9 Å². The average Bonchev–Trinajstić information content (AvgIpc) is 3.03. The maximum atomic E-state index is 13.1. The van der Waals surface area contributed by atoms with E-state index in [9.17, 15) is 9.18 Å². The van der Waals surface area contributed by atoms with Gasteiger partial charge in [0.1, 0.15) is 18.2 Å². The van der Waals surface area contributed by atoms with Crippen molar-refractivity contribution in [1.29, 1.82) is 0 Å². The number of likely N-dealkylation sites (tertiary alicyclic amines) is 1. The number of ether oxygens (including phenoxy) is 1. The van der Waals surface area contributed by atoms with Crippen molar-refractivity contribution >= 4 is 5.91 Å². The second-order valence-electron chi connectivity index (χ2n) is 6.22. The zero-order valence-electron chi connectivity index (χ0n) is 14.2. The summed E-state index contributed by atoms with van der Waals surface area (Å²) < 4.78 is 18.8. The maximum Gasteiger partial charge on any atom is 0.222 e. The first-order valence-electron chi connectivity index (χ1n) is 8.65. The number of hydrogen-bond donors (Lipinski definition) is 1. The van der Waals surface area contributed by atoms with Gasteiger partial charge in [0.15, 0.2) is 0 Å². The molecule has 5 heteroatoms. The summed E-state index contributed by atoms with van der Waals surface area (Å²) in [6, 6.07) is 14.3. The molecule has 0 aromatic heterocycles. The summed E-state index contributed by atoms with van der Waals surface area (Å²) in [5, 5.41) is 3.36. The average molecular weight is 342 g/mol. The van der Waals surface area contributed by atoms with Crippen LogP contribution < -0.4 is 10.1 Å². The molecule has 0 unspecified atom stereocenters. The molecule has 0 bridgehead atoms. The van der Waals surface area contributed by atoms with Gasteiger partial charge in [-0.3, -0.25) is 4.79 Å². The van der Waals surface area contributed by atoms with Crippen molar-refractivity contribution in [3.63, 3.8) is 0 Å². The van der Waals surface area contributed by atoms with Crippen LogP contribution in [0.1, 0.15) is 24.0 Å². The normalized spacial score (nSPS) is 14.1. The molecule has 4 nitrogen and oxygen atoms in total. The van der Waals surface area contributed by atoms with Crippen LogP contribution in [0, 0.1) is 5.82 Å². The number of amides is 1. The molecule has 2 aromatic rings. The van der Waals surface area contributed by atoms with E-state index in [1.54, 1.807) is 6.07 Å². The quantitative estimate of drug-likeness (QED) is 0.750. The minimum absolute atomic E-state index is 0.252. The molecule has 0 radical (unpaired) electrons. The van der Waals surface area contributed by atoms with E-state index in [0.717, 1.165) is 49.5 Å². The molecule has 3 rings (SSSR count). The molecule has 132 valence electrons. The number of carbonyl (C=O) groups excluding carboxylic acids is 1. The highest BCUT2D eigenvalue weighted by atomic mass is 19.1. The number of rotatable bonds is 8. The van der Waals surface area contributed by atoms with Crippen molar-refractivity contribution in [3.8, 4) is 5.75 Å². The summed E-state index contributed by atoms with van der Waals surface area (Å²) in [6.07, 6.45) is 1.67. The summed E-state index contributed by atoms with van der Waals surface area (Å²) in [7, 11) is 0. The van der Waals surface area contributed by atoms with Crippen molar-refractivity contribution in [1.82, 2.24) is 10.2 Å². The predicted octanol–water partition coefficient (Wildman–Crippen LogP) is 3.12. The maximum absolute atomic E-state index is 13.1. The SMILES string of the molecule is O=C1CCCN1CCNCc1ccc(OCc2cccc(F)c2)cc1. The lowest BCUT2D eigenvalue weighted by Crippen LogP contribution is -2.32. The molecule has 1 N–H and O–H groups in total. The summed E-state index contributed by atoms with van der Waals surface area (Å²) >= 11 is 0. The lowest BCUT2D eigenvalue weighted by atomic mass is 10.2. The minimum atomic E-state index is -0.252. The van der Waals surface area contributed by atoms with E-state index < -0.39 is 0 Å². The van der Waals surface area contributed by atoms with Gasteiger partial charge in [0, 0.05) is 32.6 Å². The van der Waals surface area contributed by atoms with Crippen molar-refractivity contribution in [2.75, 3.05) is 19.6 Å². The van der Waals surface area contributed by atoms with Crippen LogP contribution in [0.25, 0.3) is 0 Å². The van der Waals surface area contributed by atoms with Gasteiger partial charge in [-0.05, 0) is 41.8 Å². The van der Waals surface area contributed by atoms with Crippen molar-refractivity contribution < 1.29 is 13.9 Å². The second kappa shape index (κ2) is 8.62. The number of nitrogens with zero attached hydrogens (tertiary/aromatic N) is 1. The Hall–Kier alpha value is -2.40. The fourth-order valence-electron chi connectivity index (χ4n) is 2.88. The molecule has 25 heavy (non-hydrogen) atoms. The fourth-order valence-corrected chi connectivity index (χ4v) is 2.88. The molecule has 1 aliphatic rings. The number of benzene rings is 2. The standard InChI is InChI=1S/C20H23FN2O2/c21-18-4-1-3-17(13-18)15-25-19-8-6-16(7-9-19)14-22-10-12-23-11-2-5-20(23)24/h1,3-4,6-9,13,22H,2,5,10-12,14-15H2. The Morgan fingerprint density at radius 3 is 2.68 bits per heavy atom. The van der Waals surface area contributed by atoms with Crippen LogP contribution in [0.2, 0.25) is 0 Å². The number of hydrogen-bond acceptors (Lipinski definition) is 3. The largest absolute Gasteiger partial charge is 0.489 e. The lowest BCUT2D eigenvalue weighted by molar-refractivity contribution is -0.127. The molecular weight excluding hydrogens is 319 g/mol. The second-order valence-corrected chi connectivity index (χ2v) is 6.22. The molecule has 0 spiro atoms. The zero-order chi connectivity index (χ0) is 17.5. The van der Waals surface area contributed by atoms with Gasteiger partial charge in [-0.15, -0.1) is 0 Å². The highest BCUT2D eigenvalue weighted by molar-refractivity contribution is 5.78. The Kier molecular flexibility index (Phi) is 6.01. The van der Waals surface area contributed by atoms with Crippen LogP contribution in [0.4, 0.5) is 4.39 Å². The van der Waals surface area contributed by atoms with E-state index in [2.05, 4.69) is 5.32 Å². The molecule has 2 aromatic carbocycles. The lowest BCUT2D eigenvalue weighted by Gasteiger charge is -2.15. The van der Waals surface area contributed by atoms with Crippen LogP contribution in [-0.4, -0.2) is 30.4 Å². The fraction of sp³-hybridized carbons (Fsp3) is 0.350. The van der Waals surface area contributed by atoms with E-state index in [4.69, 9.17) is 4.74 Å². The first-order chi connectivity index (χ1) is 12.2. The third-order valence-corrected chi connectivity index (χ3v) is 4.28. The van der Waals surface area contributed by atoms with Crippen LogP contribution in [0.15, 0.2) is 48.5 Å². The number of nitrogens with one attached hydrogen (secondary N) is 1. The van der Waals surface area contributed by atoms with E-state index in [-0.39, 0.29) is 11.7 Å². The first-order valence-corrected chi connectivity index (χ1v) is 8.65. The minimum Gasteiger partial charge on any atom is -0.489 e. The molecule has 1 heterocycles. The zero-order valence-corrected chi connectivity index (χ0v) is 14.2. The van der Waals surface area contributed by atoms with Gasteiger partial charge in [-0.2, -0.15) is 0 Å². The first kappa shape index (κ1) is 17.4. The van der Waals surface area contributed by atoms with Gasteiger partial charge < -0.3 is 15.0 Å². The van der Waals surface area contributed by atoms with Gasteiger partial charge in [0.25, 0.3) is 0 Å². The van der Waals surface area contributed by atoms with E-state index in [1.807, 2.05) is 35.2 Å². The van der Waals surface area contributed by atoms with Gasteiger partial charge in [-0.25, -0.2) is 4.39 Å². The molecule has 1 saturated heterocycles. The summed E-state index contributed by atoms with van der Waals surface area (Å²) in [5.74, 6) is 0.774. The molecule has 0 aliphatic carbocycles. The Bertz CT molecular complexity index is 703. The summed E-state index contributed by atoms with van der Waals surface area (Å²) in [4.78, 5) is 13.4. The molecule has 1 aliphatic heterocycles. The van der Waals surface area contributed by atoms with Crippen molar-refractivity contribution in [2.45, 2.75) is 26.0 Å². The molecular formula is C20H23FN2O2. The monoisotopic (exact) mass is 342 g/mol. The molecule has 0 saturated carbocycles. The number of halogens is 1. The van der Waals surface area contributed by atoms with Gasteiger partial charge >= 0.3 is 0 Å². The Morgan fingerprint density at radius 1 is 1.12 bits per heavy atom. The molecule has 1 amide bonds. The van der Waals surface area contributed by atoms with E-state index in [0.29, 0.717) is 13.0 Å². The van der Waals surface area contributed by atoms with Gasteiger partial charge in [-0.1, -0.05) is 24.3 Å². The number of carbonyl (C=O) groups is 1. The molecule has 1 fully saturated rings.